The summed E-state index contributed by atoms with van der Waals surface area (Å²) in [7, 11) is 0. The van der Waals surface area contributed by atoms with Gasteiger partial charge in [0.1, 0.15) is 11.0 Å². The van der Waals surface area contributed by atoms with Crippen molar-refractivity contribution in [1.82, 2.24) is 15.0 Å². The van der Waals surface area contributed by atoms with Crippen LogP contribution in [-0.2, 0) is 6.54 Å². The number of aromatic nitrogens is 3. The first-order chi connectivity index (χ1) is 8.29. The maximum Gasteiger partial charge on any atom is 0.113 e. The Labute approximate surface area is 103 Å². The highest BCUT2D eigenvalue weighted by Crippen LogP contribution is 2.11. The van der Waals surface area contributed by atoms with E-state index in [0.717, 1.165) is 17.6 Å². The van der Waals surface area contributed by atoms with Gasteiger partial charge in [0.2, 0.25) is 0 Å². The van der Waals surface area contributed by atoms with E-state index in [1.54, 1.807) is 0 Å². The Kier molecular flexibility index (Phi) is 4.13. The van der Waals surface area contributed by atoms with E-state index in [1.165, 1.54) is 37.7 Å². The van der Waals surface area contributed by atoms with Gasteiger partial charge in [0.25, 0.3) is 0 Å². The van der Waals surface area contributed by atoms with Crippen molar-refractivity contribution in [2.45, 2.75) is 52.5 Å². The summed E-state index contributed by atoms with van der Waals surface area (Å²) in [5.74, 6) is 0. The van der Waals surface area contributed by atoms with Crippen LogP contribution in [0.3, 0.4) is 0 Å². The lowest BCUT2D eigenvalue weighted by molar-refractivity contribution is 0.491. The minimum Gasteiger partial charge on any atom is -0.184 e. The SMILES string of the molecule is CCCCCCCn1nc2ccc(C)cc2n1. The van der Waals surface area contributed by atoms with Gasteiger partial charge < -0.3 is 0 Å². The van der Waals surface area contributed by atoms with Gasteiger partial charge in [-0.2, -0.15) is 15.0 Å². The lowest BCUT2D eigenvalue weighted by atomic mass is 10.2. The van der Waals surface area contributed by atoms with E-state index < -0.39 is 0 Å². The van der Waals surface area contributed by atoms with Crippen molar-refractivity contribution in [2.75, 3.05) is 0 Å². The molecule has 0 N–H and O–H groups in total. The van der Waals surface area contributed by atoms with Crippen LogP contribution in [0.5, 0.6) is 0 Å². The van der Waals surface area contributed by atoms with Crippen molar-refractivity contribution in [1.29, 1.82) is 0 Å². The number of hydrogen-bond donors (Lipinski definition) is 0. The maximum atomic E-state index is 4.50. The summed E-state index contributed by atoms with van der Waals surface area (Å²) in [4.78, 5) is 1.84. The van der Waals surface area contributed by atoms with Gasteiger partial charge in [-0.05, 0) is 31.0 Å². The van der Waals surface area contributed by atoms with Crippen LogP contribution >= 0.6 is 0 Å². The van der Waals surface area contributed by atoms with Crippen LogP contribution in [0, 0.1) is 6.92 Å². The van der Waals surface area contributed by atoms with Crippen molar-refractivity contribution in [3.05, 3.63) is 23.8 Å². The molecule has 3 heteroatoms. The molecule has 0 spiro atoms. The summed E-state index contributed by atoms with van der Waals surface area (Å²) in [6, 6.07) is 6.23. The third-order valence-electron chi connectivity index (χ3n) is 3.04. The van der Waals surface area contributed by atoms with Crippen molar-refractivity contribution in [2.24, 2.45) is 0 Å². The number of benzene rings is 1. The molecule has 0 aliphatic heterocycles. The third kappa shape index (κ3) is 3.29. The lowest BCUT2D eigenvalue weighted by Crippen LogP contribution is -2.01. The predicted molar refractivity (Wildman–Crippen MR) is 71.0 cm³/mol. The normalized spacial score (nSPS) is 11.2. The summed E-state index contributed by atoms with van der Waals surface area (Å²) in [6.07, 6.45) is 6.43. The first kappa shape index (κ1) is 12.1. The van der Waals surface area contributed by atoms with Crippen LogP contribution in [-0.4, -0.2) is 15.0 Å². The number of fused-ring (bicyclic) bond motifs is 1. The number of rotatable bonds is 6. The summed E-state index contributed by atoms with van der Waals surface area (Å²) in [5.41, 5.74) is 3.26. The molecule has 0 saturated carbocycles. The molecule has 0 saturated heterocycles. The van der Waals surface area contributed by atoms with Gasteiger partial charge in [-0.25, -0.2) is 0 Å². The van der Waals surface area contributed by atoms with Crippen LogP contribution in [0.2, 0.25) is 0 Å². The zero-order valence-electron chi connectivity index (χ0n) is 10.8. The van der Waals surface area contributed by atoms with Crippen LogP contribution in [0.4, 0.5) is 0 Å². The van der Waals surface area contributed by atoms with Crippen LogP contribution < -0.4 is 0 Å². The van der Waals surface area contributed by atoms with E-state index in [4.69, 9.17) is 0 Å². The minimum atomic E-state index is 0.942. The first-order valence-corrected chi connectivity index (χ1v) is 6.61. The van der Waals surface area contributed by atoms with E-state index in [1.807, 2.05) is 10.9 Å². The van der Waals surface area contributed by atoms with Gasteiger partial charge in [-0.3, -0.25) is 0 Å². The molecule has 0 bridgehead atoms. The van der Waals surface area contributed by atoms with Gasteiger partial charge in [-0.1, -0.05) is 38.7 Å². The van der Waals surface area contributed by atoms with E-state index >= 15 is 0 Å². The number of aryl methyl sites for hydroxylation is 2. The molecule has 1 aromatic heterocycles. The monoisotopic (exact) mass is 231 g/mol. The van der Waals surface area contributed by atoms with Crippen molar-refractivity contribution in [3.63, 3.8) is 0 Å². The molecule has 0 amide bonds. The van der Waals surface area contributed by atoms with E-state index in [0.29, 0.717) is 0 Å². The molecule has 0 atom stereocenters. The van der Waals surface area contributed by atoms with Crippen LogP contribution in [0.25, 0.3) is 11.0 Å². The van der Waals surface area contributed by atoms with Gasteiger partial charge >= 0.3 is 0 Å². The predicted octanol–water partition coefficient (Wildman–Crippen LogP) is 3.71. The molecule has 0 aliphatic rings. The van der Waals surface area contributed by atoms with E-state index in [-0.39, 0.29) is 0 Å². The Hall–Kier alpha value is -1.38. The molecule has 92 valence electrons. The largest absolute Gasteiger partial charge is 0.184 e. The second kappa shape index (κ2) is 5.80. The molecule has 1 aromatic carbocycles. The Balaban J connectivity index is 1.91. The zero-order chi connectivity index (χ0) is 12.1. The fourth-order valence-electron chi connectivity index (χ4n) is 2.03. The molecule has 17 heavy (non-hydrogen) atoms. The molecule has 2 rings (SSSR count). The maximum absolute atomic E-state index is 4.50. The highest BCUT2D eigenvalue weighted by Gasteiger charge is 2.01. The Morgan fingerprint density at radius 1 is 1.00 bits per heavy atom. The summed E-state index contributed by atoms with van der Waals surface area (Å²) in [5, 5.41) is 8.97. The van der Waals surface area contributed by atoms with Gasteiger partial charge in [0.05, 0.1) is 6.54 Å². The number of hydrogen-bond acceptors (Lipinski definition) is 2. The third-order valence-corrected chi connectivity index (χ3v) is 3.04. The Morgan fingerprint density at radius 2 is 1.76 bits per heavy atom. The van der Waals surface area contributed by atoms with Crippen LogP contribution in [0.15, 0.2) is 18.2 Å². The standard InChI is InChI=1S/C14H21N3/c1-3-4-5-6-7-10-17-15-13-9-8-12(2)11-14(13)16-17/h8-9,11H,3-7,10H2,1-2H3. The van der Waals surface area contributed by atoms with Crippen molar-refractivity contribution >= 4 is 11.0 Å². The first-order valence-electron chi connectivity index (χ1n) is 6.61. The fraction of sp³-hybridized carbons (Fsp3) is 0.571. The topological polar surface area (TPSA) is 30.7 Å². The molecular formula is C14H21N3. The highest BCUT2D eigenvalue weighted by atomic mass is 15.5. The summed E-state index contributed by atoms with van der Waals surface area (Å²) >= 11 is 0. The van der Waals surface area contributed by atoms with E-state index in [9.17, 15) is 0 Å². The molecule has 0 radical (unpaired) electrons. The van der Waals surface area contributed by atoms with Crippen molar-refractivity contribution < 1.29 is 0 Å². The molecule has 2 aromatic rings. The zero-order valence-corrected chi connectivity index (χ0v) is 10.8. The molecule has 3 nitrogen and oxygen atoms in total. The minimum absolute atomic E-state index is 0.942. The average Bonchev–Trinajstić information content (AvgIpc) is 2.70. The number of nitrogens with zero attached hydrogens (tertiary/aromatic N) is 3. The molecule has 1 heterocycles. The molecule has 0 unspecified atom stereocenters. The van der Waals surface area contributed by atoms with Gasteiger partial charge in [0, 0.05) is 0 Å². The molecular weight excluding hydrogens is 210 g/mol. The molecule has 0 aliphatic carbocycles. The van der Waals surface area contributed by atoms with E-state index in [2.05, 4.69) is 36.2 Å². The second-order valence-electron chi connectivity index (χ2n) is 4.70. The quantitative estimate of drug-likeness (QED) is 0.709. The van der Waals surface area contributed by atoms with Crippen molar-refractivity contribution in [3.8, 4) is 0 Å². The Morgan fingerprint density at radius 3 is 2.59 bits per heavy atom. The average molecular weight is 231 g/mol. The summed E-state index contributed by atoms with van der Waals surface area (Å²) < 4.78 is 0. The molecule has 0 fully saturated rings. The summed E-state index contributed by atoms with van der Waals surface area (Å²) in [6.45, 7) is 5.27. The van der Waals surface area contributed by atoms with Crippen LogP contribution in [0.1, 0.15) is 44.6 Å². The van der Waals surface area contributed by atoms with Gasteiger partial charge in [0.15, 0.2) is 0 Å². The Bertz CT molecular complexity index is 473. The second-order valence-corrected chi connectivity index (χ2v) is 4.70. The smallest absolute Gasteiger partial charge is 0.113 e. The van der Waals surface area contributed by atoms with Gasteiger partial charge in [-0.15, -0.1) is 0 Å². The number of unbranched alkanes of at least 4 members (excludes halogenated alkanes) is 4. The fourth-order valence-corrected chi connectivity index (χ4v) is 2.03. The highest BCUT2D eigenvalue weighted by molar-refractivity contribution is 5.74. The lowest BCUT2D eigenvalue weighted by Gasteiger charge is -1.99.